The van der Waals surface area contributed by atoms with Crippen LogP contribution in [0.3, 0.4) is 0 Å². The molecule has 6 heteroatoms. The van der Waals surface area contributed by atoms with E-state index in [0.717, 1.165) is 11.1 Å². The smallest absolute Gasteiger partial charge is 0.338 e. The summed E-state index contributed by atoms with van der Waals surface area (Å²) in [5.74, 6) is -0.818. The molecule has 34 heavy (non-hydrogen) atoms. The number of aromatic nitrogens is 1. The van der Waals surface area contributed by atoms with Crippen molar-refractivity contribution in [1.29, 1.82) is 0 Å². The molecule has 3 aromatic rings. The molecule has 0 aliphatic carbocycles. The SMILES string of the molecule is CC(C)(C)OC(=O)c1cccc(-c2ccc(CN(C(=O)C(C)(C)C)c3ccc(F)cc3)cn2)c1. The van der Waals surface area contributed by atoms with Crippen LogP contribution < -0.4 is 4.90 Å². The number of benzene rings is 2. The molecule has 2 aromatic carbocycles. The zero-order valence-corrected chi connectivity index (χ0v) is 20.6. The Balaban J connectivity index is 1.84. The lowest BCUT2D eigenvalue weighted by atomic mass is 9.94. The third-order valence-electron chi connectivity index (χ3n) is 4.98. The standard InChI is InChI=1S/C28H31FN2O3/c1-27(2,3)26(33)31(23-13-11-22(29)12-14-23)18-19-10-15-24(30-17-19)20-8-7-9-21(16-20)25(32)34-28(4,5)6/h7-17H,18H2,1-6H3. The number of nitrogens with zero attached hydrogens (tertiary/aromatic N) is 2. The molecule has 1 amide bonds. The summed E-state index contributed by atoms with van der Waals surface area (Å²) in [5, 5.41) is 0. The first-order chi connectivity index (χ1) is 15.8. The molecule has 0 radical (unpaired) electrons. The fourth-order valence-corrected chi connectivity index (χ4v) is 3.32. The quantitative estimate of drug-likeness (QED) is 0.411. The van der Waals surface area contributed by atoms with Gasteiger partial charge in [0.05, 0.1) is 17.8 Å². The molecule has 0 aliphatic heterocycles. The number of hydrogen-bond donors (Lipinski definition) is 0. The van der Waals surface area contributed by atoms with E-state index in [-0.39, 0.29) is 17.7 Å². The molecule has 0 N–H and O–H groups in total. The van der Waals surface area contributed by atoms with Gasteiger partial charge in [-0.25, -0.2) is 9.18 Å². The summed E-state index contributed by atoms with van der Waals surface area (Å²) in [6.07, 6.45) is 1.71. The summed E-state index contributed by atoms with van der Waals surface area (Å²) in [5.41, 5.74) is 2.21. The summed E-state index contributed by atoms with van der Waals surface area (Å²) < 4.78 is 18.9. The van der Waals surface area contributed by atoms with E-state index in [4.69, 9.17) is 4.74 Å². The number of rotatable bonds is 5. The monoisotopic (exact) mass is 462 g/mol. The Kier molecular flexibility index (Phi) is 7.20. The molecule has 0 spiro atoms. The molecule has 1 aromatic heterocycles. The number of carbonyl (C=O) groups is 2. The summed E-state index contributed by atoms with van der Waals surface area (Å²) >= 11 is 0. The number of esters is 1. The molecular formula is C28H31FN2O3. The number of ether oxygens (including phenoxy) is 1. The average molecular weight is 463 g/mol. The van der Waals surface area contributed by atoms with Crippen LogP contribution in [0.15, 0.2) is 66.9 Å². The number of carbonyl (C=O) groups excluding carboxylic acids is 2. The molecule has 0 atom stereocenters. The van der Waals surface area contributed by atoms with E-state index in [1.807, 2.05) is 59.7 Å². The predicted octanol–water partition coefficient (Wildman–Crippen LogP) is 6.42. The lowest BCUT2D eigenvalue weighted by Crippen LogP contribution is -2.39. The highest BCUT2D eigenvalue weighted by Gasteiger charge is 2.28. The van der Waals surface area contributed by atoms with E-state index < -0.39 is 11.0 Å². The first kappa shape index (κ1) is 25.1. The highest BCUT2D eigenvalue weighted by atomic mass is 19.1. The van der Waals surface area contributed by atoms with Gasteiger partial charge in [0.2, 0.25) is 5.91 Å². The van der Waals surface area contributed by atoms with E-state index in [1.165, 1.54) is 12.1 Å². The minimum Gasteiger partial charge on any atom is -0.456 e. The van der Waals surface area contributed by atoms with Crippen LogP contribution in [0.5, 0.6) is 0 Å². The minimum absolute atomic E-state index is 0.0757. The van der Waals surface area contributed by atoms with Crippen molar-refractivity contribution in [2.75, 3.05) is 4.90 Å². The van der Waals surface area contributed by atoms with Crippen molar-refractivity contribution in [3.05, 3.63) is 83.8 Å². The van der Waals surface area contributed by atoms with Crippen molar-refractivity contribution in [2.24, 2.45) is 5.41 Å². The van der Waals surface area contributed by atoms with Gasteiger partial charge < -0.3 is 9.64 Å². The van der Waals surface area contributed by atoms with E-state index in [0.29, 0.717) is 23.5 Å². The molecule has 0 bridgehead atoms. The Bertz CT molecular complexity index is 1160. The minimum atomic E-state index is -0.607. The maximum absolute atomic E-state index is 13.4. The van der Waals surface area contributed by atoms with Crippen molar-refractivity contribution in [2.45, 2.75) is 53.7 Å². The van der Waals surface area contributed by atoms with Crippen LogP contribution in [-0.2, 0) is 16.1 Å². The maximum atomic E-state index is 13.4. The number of anilines is 1. The van der Waals surface area contributed by atoms with E-state index in [9.17, 15) is 14.0 Å². The van der Waals surface area contributed by atoms with Gasteiger partial charge in [0.15, 0.2) is 0 Å². The fourth-order valence-electron chi connectivity index (χ4n) is 3.32. The molecule has 0 fully saturated rings. The lowest BCUT2D eigenvalue weighted by molar-refractivity contribution is -0.125. The van der Waals surface area contributed by atoms with Crippen LogP contribution in [-0.4, -0.2) is 22.5 Å². The van der Waals surface area contributed by atoms with Crippen LogP contribution in [0.4, 0.5) is 10.1 Å². The zero-order valence-electron chi connectivity index (χ0n) is 20.6. The Morgan fingerprint density at radius 3 is 2.18 bits per heavy atom. The highest BCUT2D eigenvalue weighted by Crippen LogP contribution is 2.26. The second-order valence-corrected chi connectivity index (χ2v) is 10.3. The van der Waals surface area contributed by atoms with Gasteiger partial charge in [-0.2, -0.15) is 0 Å². The van der Waals surface area contributed by atoms with Gasteiger partial charge in [-0.3, -0.25) is 9.78 Å². The van der Waals surface area contributed by atoms with Crippen molar-refractivity contribution < 1.29 is 18.7 Å². The first-order valence-electron chi connectivity index (χ1n) is 11.2. The number of halogens is 1. The summed E-state index contributed by atoms with van der Waals surface area (Å²) in [7, 11) is 0. The summed E-state index contributed by atoms with van der Waals surface area (Å²) in [6, 6.07) is 16.8. The summed E-state index contributed by atoms with van der Waals surface area (Å²) in [4.78, 5) is 31.7. The Hall–Kier alpha value is -3.54. The molecule has 178 valence electrons. The largest absolute Gasteiger partial charge is 0.456 e. The van der Waals surface area contributed by atoms with Gasteiger partial charge in [0, 0.05) is 22.9 Å². The van der Waals surface area contributed by atoms with Gasteiger partial charge in [0.1, 0.15) is 11.4 Å². The Labute approximate surface area is 200 Å². The molecule has 0 saturated heterocycles. The second kappa shape index (κ2) is 9.75. The van der Waals surface area contributed by atoms with E-state index >= 15 is 0 Å². The lowest BCUT2D eigenvalue weighted by Gasteiger charge is -2.29. The second-order valence-electron chi connectivity index (χ2n) is 10.3. The zero-order chi connectivity index (χ0) is 25.1. The molecule has 0 aliphatic rings. The normalized spacial score (nSPS) is 11.7. The van der Waals surface area contributed by atoms with Crippen LogP contribution >= 0.6 is 0 Å². The third-order valence-corrected chi connectivity index (χ3v) is 4.98. The maximum Gasteiger partial charge on any atom is 0.338 e. The molecular weight excluding hydrogens is 431 g/mol. The van der Waals surface area contributed by atoms with Crippen LogP contribution in [0.2, 0.25) is 0 Å². The van der Waals surface area contributed by atoms with E-state index in [2.05, 4.69) is 4.98 Å². The molecule has 0 unspecified atom stereocenters. The molecule has 3 rings (SSSR count). The Morgan fingerprint density at radius 1 is 0.941 bits per heavy atom. The van der Waals surface area contributed by atoms with Crippen LogP contribution in [0.25, 0.3) is 11.3 Å². The van der Waals surface area contributed by atoms with Crippen molar-refractivity contribution in [1.82, 2.24) is 4.98 Å². The van der Waals surface area contributed by atoms with Crippen molar-refractivity contribution in [3.8, 4) is 11.3 Å². The summed E-state index contributed by atoms with van der Waals surface area (Å²) in [6.45, 7) is 11.3. The Morgan fingerprint density at radius 2 is 1.62 bits per heavy atom. The first-order valence-corrected chi connectivity index (χ1v) is 11.2. The third kappa shape index (κ3) is 6.50. The van der Waals surface area contributed by atoms with Gasteiger partial charge in [-0.15, -0.1) is 0 Å². The van der Waals surface area contributed by atoms with Gasteiger partial charge in [0.25, 0.3) is 0 Å². The topological polar surface area (TPSA) is 59.5 Å². The van der Waals surface area contributed by atoms with Crippen LogP contribution in [0, 0.1) is 11.2 Å². The fraction of sp³-hybridized carbons (Fsp3) is 0.321. The van der Waals surface area contributed by atoms with Crippen LogP contribution in [0.1, 0.15) is 57.5 Å². The van der Waals surface area contributed by atoms with Gasteiger partial charge in [-0.05, 0) is 68.8 Å². The predicted molar refractivity (Wildman–Crippen MR) is 132 cm³/mol. The van der Waals surface area contributed by atoms with E-state index in [1.54, 1.807) is 41.4 Å². The van der Waals surface area contributed by atoms with Gasteiger partial charge >= 0.3 is 5.97 Å². The average Bonchev–Trinajstić information content (AvgIpc) is 2.76. The number of pyridine rings is 1. The van der Waals surface area contributed by atoms with Gasteiger partial charge in [-0.1, -0.05) is 39.0 Å². The van der Waals surface area contributed by atoms with Crippen molar-refractivity contribution in [3.63, 3.8) is 0 Å². The highest BCUT2D eigenvalue weighted by molar-refractivity contribution is 5.96. The molecule has 0 saturated carbocycles. The molecule has 1 heterocycles. The molecule has 5 nitrogen and oxygen atoms in total. The number of amides is 1. The van der Waals surface area contributed by atoms with Crippen molar-refractivity contribution >= 4 is 17.6 Å². The number of hydrogen-bond acceptors (Lipinski definition) is 4.